The van der Waals surface area contributed by atoms with Crippen LogP contribution in [0, 0.1) is 11.8 Å². The second-order valence-corrected chi connectivity index (χ2v) is 5.74. The third-order valence-corrected chi connectivity index (χ3v) is 4.33. The first-order valence-electron chi connectivity index (χ1n) is 6.44. The molecule has 1 spiro atoms. The molecule has 2 heteroatoms. The van der Waals surface area contributed by atoms with E-state index in [-0.39, 0.29) is 18.3 Å². The molecule has 1 saturated carbocycles. The highest BCUT2D eigenvalue weighted by Gasteiger charge is 2.43. The molecule has 3 unspecified atom stereocenters. The van der Waals surface area contributed by atoms with Gasteiger partial charge in [0.05, 0.1) is 18.3 Å². The maximum atomic E-state index is 9.13. The van der Waals surface area contributed by atoms with Crippen LogP contribution in [-0.4, -0.2) is 23.4 Å². The maximum absolute atomic E-state index is 9.13. The van der Waals surface area contributed by atoms with Gasteiger partial charge in [-0.15, -0.1) is 0 Å². The molecule has 0 bridgehead atoms. The Bertz CT molecular complexity index is 215. The van der Waals surface area contributed by atoms with Crippen LogP contribution in [0.2, 0.25) is 0 Å². The largest absolute Gasteiger partial charge is 0.394 e. The van der Waals surface area contributed by atoms with Crippen molar-refractivity contribution in [3.63, 3.8) is 0 Å². The Morgan fingerprint density at radius 1 is 1.33 bits per heavy atom. The lowest BCUT2D eigenvalue weighted by Gasteiger charge is -2.39. The number of hydrogen-bond donors (Lipinski definition) is 1. The van der Waals surface area contributed by atoms with E-state index in [4.69, 9.17) is 9.84 Å². The molecule has 0 aromatic carbocycles. The maximum Gasteiger partial charge on any atom is 0.0814 e. The smallest absolute Gasteiger partial charge is 0.0814 e. The van der Waals surface area contributed by atoms with Gasteiger partial charge in [0.1, 0.15) is 0 Å². The van der Waals surface area contributed by atoms with Crippen molar-refractivity contribution in [3.8, 4) is 0 Å². The summed E-state index contributed by atoms with van der Waals surface area (Å²) in [6.45, 7) is 4.85. The van der Waals surface area contributed by atoms with E-state index in [0.717, 1.165) is 18.3 Å². The normalized spacial score (nSPS) is 41.6. The van der Waals surface area contributed by atoms with Crippen LogP contribution in [0.5, 0.6) is 0 Å². The predicted molar refractivity (Wildman–Crippen MR) is 60.7 cm³/mol. The van der Waals surface area contributed by atoms with Crippen LogP contribution in [0.25, 0.3) is 0 Å². The van der Waals surface area contributed by atoms with E-state index in [1.807, 2.05) is 0 Å². The highest BCUT2D eigenvalue weighted by atomic mass is 16.5. The van der Waals surface area contributed by atoms with Gasteiger partial charge in [-0.2, -0.15) is 0 Å². The minimum atomic E-state index is 0.121. The summed E-state index contributed by atoms with van der Waals surface area (Å²) in [7, 11) is 0. The van der Waals surface area contributed by atoms with Crippen molar-refractivity contribution in [1.29, 1.82) is 0 Å². The zero-order valence-corrected chi connectivity index (χ0v) is 10.0. The fourth-order valence-corrected chi connectivity index (χ4v) is 3.30. The minimum Gasteiger partial charge on any atom is -0.394 e. The van der Waals surface area contributed by atoms with Crippen LogP contribution in [0.15, 0.2) is 0 Å². The lowest BCUT2D eigenvalue weighted by Crippen LogP contribution is -2.37. The van der Waals surface area contributed by atoms with E-state index < -0.39 is 0 Å². The Labute approximate surface area is 93.0 Å². The first-order valence-corrected chi connectivity index (χ1v) is 6.44. The zero-order valence-electron chi connectivity index (χ0n) is 10.0. The fraction of sp³-hybridized carbons (Fsp3) is 1.00. The Balaban J connectivity index is 1.97. The van der Waals surface area contributed by atoms with Crippen molar-refractivity contribution >= 4 is 0 Å². The van der Waals surface area contributed by atoms with E-state index >= 15 is 0 Å². The highest BCUT2D eigenvalue weighted by molar-refractivity contribution is 4.94. The van der Waals surface area contributed by atoms with Gasteiger partial charge in [-0.05, 0) is 43.9 Å². The first kappa shape index (κ1) is 11.4. The van der Waals surface area contributed by atoms with Crippen LogP contribution in [-0.2, 0) is 4.74 Å². The van der Waals surface area contributed by atoms with Crippen molar-refractivity contribution in [2.45, 2.75) is 64.1 Å². The van der Waals surface area contributed by atoms with Crippen molar-refractivity contribution in [3.05, 3.63) is 0 Å². The van der Waals surface area contributed by atoms with Crippen molar-refractivity contribution in [2.75, 3.05) is 6.61 Å². The second kappa shape index (κ2) is 4.42. The minimum absolute atomic E-state index is 0.121. The molecule has 0 aromatic heterocycles. The first-order chi connectivity index (χ1) is 7.15. The van der Waals surface area contributed by atoms with E-state index in [0.29, 0.717) is 0 Å². The Kier molecular flexibility index (Phi) is 3.36. The molecule has 2 fully saturated rings. The number of ether oxygens (including phenoxy) is 1. The highest BCUT2D eigenvalue weighted by Crippen LogP contribution is 2.45. The van der Waals surface area contributed by atoms with Crippen molar-refractivity contribution in [1.82, 2.24) is 0 Å². The van der Waals surface area contributed by atoms with Crippen LogP contribution in [0.4, 0.5) is 0 Å². The van der Waals surface area contributed by atoms with E-state index in [9.17, 15) is 0 Å². The molecular formula is C13H24O2. The lowest BCUT2D eigenvalue weighted by molar-refractivity contribution is -0.0925. The number of aliphatic hydroxyl groups excluding tert-OH is 1. The molecule has 15 heavy (non-hydrogen) atoms. The van der Waals surface area contributed by atoms with Gasteiger partial charge in [-0.1, -0.05) is 20.3 Å². The van der Waals surface area contributed by atoms with E-state index in [1.54, 1.807) is 0 Å². The summed E-state index contributed by atoms with van der Waals surface area (Å²) in [5.41, 5.74) is 0.139. The molecule has 88 valence electrons. The van der Waals surface area contributed by atoms with Gasteiger partial charge < -0.3 is 9.84 Å². The van der Waals surface area contributed by atoms with Gasteiger partial charge >= 0.3 is 0 Å². The van der Waals surface area contributed by atoms with Gasteiger partial charge in [-0.3, -0.25) is 0 Å². The van der Waals surface area contributed by atoms with Gasteiger partial charge in [0.25, 0.3) is 0 Å². The third kappa shape index (κ3) is 2.36. The third-order valence-electron chi connectivity index (χ3n) is 4.33. The number of aliphatic hydroxyl groups is 1. The summed E-state index contributed by atoms with van der Waals surface area (Å²) >= 11 is 0. The Morgan fingerprint density at radius 2 is 2.13 bits per heavy atom. The molecule has 1 saturated heterocycles. The quantitative estimate of drug-likeness (QED) is 0.762. The summed E-state index contributed by atoms with van der Waals surface area (Å²) in [5, 5.41) is 9.13. The van der Waals surface area contributed by atoms with Gasteiger partial charge in [0, 0.05) is 0 Å². The molecule has 1 N–H and O–H groups in total. The van der Waals surface area contributed by atoms with Gasteiger partial charge in [0.15, 0.2) is 0 Å². The molecule has 2 nitrogen and oxygen atoms in total. The summed E-state index contributed by atoms with van der Waals surface area (Å²) < 4.78 is 6.07. The predicted octanol–water partition coefficient (Wildman–Crippen LogP) is 2.74. The summed E-state index contributed by atoms with van der Waals surface area (Å²) in [5.74, 6) is 1.61. The Morgan fingerprint density at radius 3 is 2.73 bits per heavy atom. The van der Waals surface area contributed by atoms with Crippen LogP contribution in [0.1, 0.15) is 52.4 Å². The average Bonchev–Trinajstić information content (AvgIpc) is 2.61. The van der Waals surface area contributed by atoms with Crippen molar-refractivity contribution < 1.29 is 9.84 Å². The standard InChI is InChI=1S/C13H24O2/c1-10(2)11-4-3-6-13(8-11)7-5-12(9-14)15-13/h10-12,14H,3-9H2,1-2H3. The van der Waals surface area contributed by atoms with Gasteiger partial charge in [0.2, 0.25) is 0 Å². The molecule has 1 aliphatic carbocycles. The molecular weight excluding hydrogens is 188 g/mol. The molecule has 1 aliphatic heterocycles. The second-order valence-electron chi connectivity index (χ2n) is 5.74. The monoisotopic (exact) mass is 212 g/mol. The molecule has 0 amide bonds. The summed E-state index contributed by atoms with van der Waals surface area (Å²) in [6, 6.07) is 0. The SMILES string of the molecule is CC(C)C1CCCC2(CCC(CO)O2)C1. The average molecular weight is 212 g/mol. The molecule has 1 heterocycles. The topological polar surface area (TPSA) is 29.5 Å². The van der Waals surface area contributed by atoms with Crippen molar-refractivity contribution in [2.24, 2.45) is 11.8 Å². The molecule has 3 atom stereocenters. The summed E-state index contributed by atoms with van der Waals surface area (Å²) in [4.78, 5) is 0. The van der Waals surface area contributed by atoms with E-state index in [2.05, 4.69) is 13.8 Å². The fourth-order valence-electron chi connectivity index (χ4n) is 3.30. The zero-order chi connectivity index (χ0) is 10.9. The summed E-state index contributed by atoms with van der Waals surface area (Å²) in [6.07, 6.45) is 7.46. The number of hydrogen-bond acceptors (Lipinski definition) is 2. The molecule has 2 aliphatic rings. The molecule has 0 aromatic rings. The van der Waals surface area contributed by atoms with E-state index in [1.165, 1.54) is 32.1 Å². The Hall–Kier alpha value is -0.0800. The van der Waals surface area contributed by atoms with Crippen LogP contribution >= 0.6 is 0 Å². The van der Waals surface area contributed by atoms with Crippen LogP contribution < -0.4 is 0 Å². The molecule has 0 radical (unpaired) electrons. The van der Waals surface area contributed by atoms with Crippen LogP contribution in [0.3, 0.4) is 0 Å². The molecule has 2 rings (SSSR count). The lowest BCUT2D eigenvalue weighted by atomic mass is 9.72. The number of rotatable bonds is 2. The van der Waals surface area contributed by atoms with Gasteiger partial charge in [-0.25, -0.2) is 0 Å².